The SMILES string of the molecule is O=C(O)/C(C[C@](O)(Cc1c[nH]c2ccccc12)C(=O)O)=N/O.[NH4+].[NH4+]. The number of fused-ring (bicyclic) bond motifs is 1. The molecule has 2 rings (SSSR count). The van der Waals surface area contributed by atoms with Gasteiger partial charge in [0.1, 0.15) is 0 Å². The fourth-order valence-corrected chi connectivity index (χ4v) is 2.24. The Morgan fingerprint density at radius 1 is 1.17 bits per heavy atom. The van der Waals surface area contributed by atoms with Crippen LogP contribution in [0.25, 0.3) is 10.9 Å². The minimum absolute atomic E-state index is 0. The number of H-pyrrole nitrogens is 1. The normalized spacial score (nSPS) is 13.5. The van der Waals surface area contributed by atoms with Crippen molar-refractivity contribution in [2.45, 2.75) is 18.4 Å². The van der Waals surface area contributed by atoms with E-state index >= 15 is 0 Å². The lowest BCUT2D eigenvalue weighted by atomic mass is 9.89. The molecule has 0 bridgehead atoms. The quantitative estimate of drug-likeness (QED) is 0.234. The van der Waals surface area contributed by atoms with E-state index in [1.165, 1.54) is 0 Å². The lowest BCUT2D eigenvalue weighted by Gasteiger charge is -2.22. The van der Waals surface area contributed by atoms with Gasteiger partial charge in [-0.05, 0) is 11.6 Å². The maximum atomic E-state index is 11.4. The average molecular weight is 342 g/mol. The monoisotopic (exact) mass is 342 g/mol. The highest BCUT2D eigenvalue weighted by Gasteiger charge is 2.40. The maximum Gasteiger partial charge on any atom is 0.353 e. The van der Waals surface area contributed by atoms with Crippen LogP contribution in [0.15, 0.2) is 35.6 Å². The van der Waals surface area contributed by atoms with Gasteiger partial charge in [-0.3, -0.25) is 0 Å². The number of benzene rings is 1. The van der Waals surface area contributed by atoms with Gasteiger partial charge in [-0.25, -0.2) is 9.59 Å². The van der Waals surface area contributed by atoms with E-state index in [4.69, 9.17) is 10.3 Å². The van der Waals surface area contributed by atoms with Crippen LogP contribution in [0.5, 0.6) is 0 Å². The van der Waals surface area contributed by atoms with Crippen LogP contribution in [0.1, 0.15) is 12.0 Å². The maximum absolute atomic E-state index is 11.4. The van der Waals surface area contributed by atoms with E-state index in [1.54, 1.807) is 30.5 Å². The van der Waals surface area contributed by atoms with E-state index in [1.807, 2.05) is 0 Å². The van der Waals surface area contributed by atoms with Crippen LogP contribution in [-0.4, -0.2) is 48.8 Å². The summed E-state index contributed by atoms with van der Waals surface area (Å²) < 4.78 is 0. The Bertz CT molecular complexity index is 757. The smallest absolute Gasteiger partial charge is 0.353 e. The van der Waals surface area contributed by atoms with Crippen molar-refractivity contribution in [3.05, 3.63) is 36.0 Å². The summed E-state index contributed by atoms with van der Waals surface area (Å²) in [7, 11) is 0. The van der Waals surface area contributed by atoms with E-state index in [2.05, 4.69) is 10.1 Å². The third-order valence-corrected chi connectivity index (χ3v) is 3.38. The molecule has 0 saturated heterocycles. The number of aliphatic carboxylic acids is 2. The first-order chi connectivity index (χ1) is 10.4. The Morgan fingerprint density at radius 3 is 2.33 bits per heavy atom. The minimum atomic E-state index is -2.40. The second kappa shape index (κ2) is 8.06. The fourth-order valence-electron chi connectivity index (χ4n) is 2.24. The molecule has 1 heterocycles. The van der Waals surface area contributed by atoms with Crippen molar-refractivity contribution >= 4 is 28.6 Å². The molecule has 0 fully saturated rings. The summed E-state index contributed by atoms with van der Waals surface area (Å²) in [6.07, 6.45) is 0.390. The molecular formula is C14H22N4O6+2. The highest BCUT2D eigenvalue weighted by Crippen LogP contribution is 2.25. The second-order valence-electron chi connectivity index (χ2n) is 4.90. The summed E-state index contributed by atoms with van der Waals surface area (Å²) in [6.45, 7) is 0. The van der Waals surface area contributed by atoms with E-state index in [0.29, 0.717) is 5.56 Å². The zero-order valence-corrected chi connectivity index (χ0v) is 13.4. The van der Waals surface area contributed by atoms with E-state index in [0.717, 1.165) is 10.9 Å². The zero-order chi connectivity index (χ0) is 16.3. The molecule has 13 N–H and O–H groups in total. The summed E-state index contributed by atoms with van der Waals surface area (Å²) in [4.78, 5) is 25.2. The largest absolute Gasteiger partial charge is 0.479 e. The summed E-state index contributed by atoms with van der Waals surface area (Å²) in [5, 5.41) is 40.2. The van der Waals surface area contributed by atoms with Gasteiger partial charge in [0.2, 0.25) is 0 Å². The number of carbonyl (C=O) groups is 2. The van der Waals surface area contributed by atoms with Gasteiger partial charge in [0.05, 0.1) is 0 Å². The van der Waals surface area contributed by atoms with Crippen molar-refractivity contribution in [3.63, 3.8) is 0 Å². The lowest BCUT2D eigenvalue weighted by molar-refractivity contribution is -0.157. The second-order valence-corrected chi connectivity index (χ2v) is 4.90. The number of oxime groups is 1. The lowest BCUT2D eigenvalue weighted by Crippen LogP contribution is -2.44. The number of nitrogens with zero attached hydrogens (tertiary/aromatic N) is 1. The number of hydrogen-bond acceptors (Lipinski definition) is 5. The van der Waals surface area contributed by atoms with E-state index in [-0.39, 0.29) is 18.7 Å². The molecule has 0 aliphatic heterocycles. The number of carboxylic acid groups (broad SMARTS) is 2. The number of aliphatic hydroxyl groups is 1. The molecule has 0 unspecified atom stereocenters. The first kappa shape index (κ1) is 21.0. The minimum Gasteiger partial charge on any atom is -0.479 e. The number of nitrogens with one attached hydrogen (secondary N) is 1. The highest BCUT2D eigenvalue weighted by molar-refractivity contribution is 6.36. The first-order valence-electron chi connectivity index (χ1n) is 6.32. The zero-order valence-electron chi connectivity index (χ0n) is 13.4. The average Bonchev–Trinajstić information content (AvgIpc) is 2.87. The van der Waals surface area contributed by atoms with Gasteiger partial charge in [-0.15, -0.1) is 0 Å². The van der Waals surface area contributed by atoms with E-state index < -0.39 is 29.7 Å². The van der Waals surface area contributed by atoms with Crippen LogP contribution < -0.4 is 12.3 Å². The van der Waals surface area contributed by atoms with Crippen molar-refractivity contribution in [3.8, 4) is 0 Å². The van der Waals surface area contributed by atoms with Crippen LogP contribution in [-0.2, 0) is 16.0 Å². The molecule has 1 aromatic heterocycles. The predicted octanol–water partition coefficient (Wildman–Crippen LogP) is 1.58. The van der Waals surface area contributed by atoms with Crippen LogP contribution in [0.2, 0.25) is 0 Å². The van der Waals surface area contributed by atoms with Gasteiger partial charge in [-0.1, -0.05) is 23.4 Å². The van der Waals surface area contributed by atoms with Crippen molar-refractivity contribution in [2.75, 3.05) is 0 Å². The van der Waals surface area contributed by atoms with Crippen LogP contribution in [0.3, 0.4) is 0 Å². The summed E-state index contributed by atoms with van der Waals surface area (Å²) in [5.74, 6) is -3.19. The molecule has 2 aromatic rings. The molecule has 0 aliphatic carbocycles. The van der Waals surface area contributed by atoms with Gasteiger partial charge >= 0.3 is 11.9 Å². The first-order valence-corrected chi connectivity index (χ1v) is 6.32. The molecule has 24 heavy (non-hydrogen) atoms. The van der Waals surface area contributed by atoms with Crippen LogP contribution in [0.4, 0.5) is 0 Å². The molecule has 0 radical (unpaired) electrons. The topological polar surface area (TPSA) is 216 Å². The molecule has 0 saturated carbocycles. The van der Waals surface area contributed by atoms with Gasteiger partial charge in [0.25, 0.3) is 0 Å². The number of hydrogen-bond donors (Lipinski definition) is 7. The Hall–Kier alpha value is -2.95. The van der Waals surface area contributed by atoms with Crippen LogP contribution in [0, 0.1) is 0 Å². The summed E-state index contributed by atoms with van der Waals surface area (Å²) >= 11 is 0. The molecule has 1 atom stereocenters. The van der Waals surface area contributed by atoms with Crippen molar-refractivity contribution in [1.29, 1.82) is 0 Å². The molecule has 1 aromatic carbocycles. The number of quaternary nitrogens is 2. The molecule has 0 aliphatic rings. The summed E-state index contributed by atoms with van der Waals surface area (Å²) in [5.41, 5.74) is -1.95. The molecule has 10 nitrogen and oxygen atoms in total. The standard InChI is InChI=1S/C14H14N2O6.2H3N/c17-12(18)11(16-22)6-14(21,13(19)20)5-8-7-15-10-4-2-1-3-9(8)10;;/h1-4,7,15,21-22H,5-6H2,(H,17,18)(H,19,20);2*1H3/p+2/b16-11+;;/t14-;;/m1../s1. The molecule has 0 spiro atoms. The molecular weight excluding hydrogens is 320 g/mol. The Morgan fingerprint density at radius 2 is 1.79 bits per heavy atom. The fraction of sp³-hybridized carbons (Fsp3) is 0.214. The number of carboxylic acids is 2. The van der Waals surface area contributed by atoms with Gasteiger partial charge < -0.3 is 37.8 Å². The summed E-state index contributed by atoms with van der Waals surface area (Å²) in [6, 6.07) is 7.10. The number of rotatable bonds is 6. The van der Waals surface area contributed by atoms with Crippen molar-refractivity contribution in [2.24, 2.45) is 5.16 Å². The highest BCUT2D eigenvalue weighted by atomic mass is 16.4. The number of aromatic nitrogens is 1. The van der Waals surface area contributed by atoms with Crippen LogP contribution >= 0.6 is 0 Å². The number of aromatic amines is 1. The third-order valence-electron chi connectivity index (χ3n) is 3.38. The molecule has 10 heteroatoms. The Balaban J connectivity index is 0.00000264. The Labute approximate surface area is 136 Å². The Kier molecular flexibility index (Phi) is 7.07. The third kappa shape index (κ3) is 4.07. The van der Waals surface area contributed by atoms with E-state index in [9.17, 15) is 19.8 Å². The predicted molar refractivity (Wildman–Crippen MR) is 88.0 cm³/mol. The van der Waals surface area contributed by atoms with Gasteiger partial charge in [0, 0.05) is 29.9 Å². The van der Waals surface area contributed by atoms with Gasteiger partial charge in [-0.2, -0.15) is 0 Å². The van der Waals surface area contributed by atoms with Crippen molar-refractivity contribution < 1.29 is 30.1 Å². The van der Waals surface area contributed by atoms with Crippen molar-refractivity contribution in [1.82, 2.24) is 17.3 Å². The van der Waals surface area contributed by atoms with Gasteiger partial charge in [0.15, 0.2) is 11.3 Å². The molecule has 0 amide bonds. The molecule has 132 valence electrons. The number of para-hydroxylation sites is 1.